The zero-order chi connectivity index (χ0) is 9.97. The van der Waals surface area contributed by atoms with Crippen LogP contribution in [-0.4, -0.2) is 46.7 Å². The summed E-state index contributed by atoms with van der Waals surface area (Å²) in [6, 6.07) is 1.22. The fraction of sp³-hybridized carbons (Fsp3) is 1.00. The largest absolute Gasteiger partial charge is 0.391 e. The van der Waals surface area contributed by atoms with E-state index in [2.05, 4.69) is 11.2 Å². The van der Waals surface area contributed by atoms with E-state index < -0.39 is 0 Å². The monoisotopic (exact) mass is 215 g/mol. The quantitative estimate of drug-likeness (QED) is 0.775. The number of rotatable bonds is 3. The van der Waals surface area contributed by atoms with Crippen molar-refractivity contribution < 1.29 is 5.11 Å². The molecule has 1 unspecified atom stereocenters. The van der Waals surface area contributed by atoms with Gasteiger partial charge in [-0.3, -0.25) is 4.90 Å². The molecule has 2 rings (SSSR count). The van der Waals surface area contributed by atoms with E-state index in [1.807, 2.05) is 11.8 Å². The van der Waals surface area contributed by atoms with Gasteiger partial charge in [0.25, 0.3) is 0 Å². The summed E-state index contributed by atoms with van der Waals surface area (Å²) in [6.45, 7) is 1.22. The molecular weight excluding hydrogens is 194 g/mol. The Balaban J connectivity index is 1.94. The predicted molar refractivity (Wildman–Crippen MR) is 61.8 cm³/mol. The fourth-order valence-electron chi connectivity index (χ4n) is 2.97. The Morgan fingerprint density at radius 3 is 2.79 bits per heavy atom. The second-order valence-electron chi connectivity index (χ2n) is 4.55. The van der Waals surface area contributed by atoms with Crippen LogP contribution in [0.1, 0.15) is 32.1 Å². The number of hydrogen-bond donors (Lipinski definition) is 1. The van der Waals surface area contributed by atoms with Gasteiger partial charge in [-0.15, -0.1) is 0 Å². The van der Waals surface area contributed by atoms with Gasteiger partial charge in [-0.25, -0.2) is 0 Å². The number of thioether (sulfide) groups is 1. The molecule has 82 valence electrons. The third kappa shape index (κ3) is 2.10. The van der Waals surface area contributed by atoms with Crippen molar-refractivity contribution in [2.24, 2.45) is 0 Å². The Morgan fingerprint density at radius 1 is 1.29 bits per heavy atom. The van der Waals surface area contributed by atoms with Crippen molar-refractivity contribution in [3.8, 4) is 0 Å². The van der Waals surface area contributed by atoms with Crippen molar-refractivity contribution in [1.29, 1.82) is 0 Å². The van der Waals surface area contributed by atoms with Crippen LogP contribution in [-0.2, 0) is 0 Å². The van der Waals surface area contributed by atoms with E-state index in [9.17, 15) is 5.11 Å². The molecule has 0 amide bonds. The number of aliphatic hydroxyl groups is 1. The Morgan fingerprint density at radius 2 is 2.14 bits per heavy atom. The molecule has 1 heterocycles. The van der Waals surface area contributed by atoms with Crippen LogP contribution in [0.15, 0.2) is 0 Å². The molecule has 3 atom stereocenters. The van der Waals surface area contributed by atoms with Gasteiger partial charge >= 0.3 is 0 Å². The molecule has 2 nitrogen and oxygen atoms in total. The third-order valence-corrected chi connectivity index (χ3v) is 4.37. The number of likely N-dealkylation sites (tertiary alicyclic amines) is 1. The van der Waals surface area contributed by atoms with Gasteiger partial charge in [-0.05, 0) is 44.9 Å². The number of aliphatic hydroxyl groups excluding tert-OH is 1. The van der Waals surface area contributed by atoms with Crippen molar-refractivity contribution in [2.75, 3.05) is 18.6 Å². The van der Waals surface area contributed by atoms with Gasteiger partial charge in [0.05, 0.1) is 6.10 Å². The molecule has 1 aliphatic heterocycles. The fourth-order valence-corrected chi connectivity index (χ4v) is 3.72. The molecule has 1 aliphatic carbocycles. The van der Waals surface area contributed by atoms with E-state index in [1.165, 1.54) is 38.0 Å². The molecule has 1 saturated carbocycles. The van der Waals surface area contributed by atoms with E-state index in [-0.39, 0.29) is 6.10 Å². The molecule has 0 radical (unpaired) electrons. The Labute approximate surface area is 91.1 Å². The summed E-state index contributed by atoms with van der Waals surface area (Å²) in [5.74, 6) is 1.24. The van der Waals surface area contributed by atoms with Gasteiger partial charge in [0.15, 0.2) is 0 Å². The molecule has 2 aliphatic rings. The summed E-state index contributed by atoms with van der Waals surface area (Å²) >= 11 is 1.94. The van der Waals surface area contributed by atoms with Gasteiger partial charge in [0, 0.05) is 17.8 Å². The molecule has 0 aromatic carbocycles. The van der Waals surface area contributed by atoms with E-state index in [0.29, 0.717) is 6.04 Å². The molecule has 0 aromatic rings. The maximum Gasteiger partial charge on any atom is 0.0695 e. The van der Waals surface area contributed by atoms with Crippen LogP contribution in [0.4, 0.5) is 0 Å². The molecule has 1 saturated heterocycles. The van der Waals surface area contributed by atoms with Crippen LogP contribution in [0.3, 0.4) is 0 Å². The van der Waals surface area contributed by atoms with Crippen LogP contribution in [0.25, 0.3) is 0 Å². The maximum atomic E-state index is 9.89. The van der Waals surface area contributed by atoms with Gasteiger partial charge < -0.3 is 5.11 Å². The van der Waals surface area contributed by atoms with Crippen LogP contribution >= 0.6 is 11.8 Å². The lowest BCUT2D eigenvalue weighted by molar-refractivity contribution is 0.0680. The summed E-state index contributed by atoms with van der Waals surface area (Å²) < 4.78 is 0. The highest BCUT2D eigenvalue weighted by molar-refractivity contribution is 7.98. The minimum atomic E-state index is -0.0440. The average Bonchev–Trinajstić information content (AvgIpc) is 2.74. The van der Waals surface area contributed by atoms with Crippen molar-refractivity contribution in [2.45, 2.75) is 50.3 Å². The van der Waals surface area contributed by atoms with Gasteiger partial charge in [-0.1, -0.05) is 0 Å². The molecule has 1 N–H and O–H groups in total. The first-order chi connectivity index (χ1) is 6.83. The number of hydrogen-bond acceptors (Lipinski definition) is 3. The predicted octanol–water partition coefficient (Wildman–Crippen LogP) is 1.73. The Hall–Kier alpha value is 0.270. The third-order valence-electron chi connectivity index (χ3n) is 3.65. The van der Waals surface area contributed by atoms with E-state index in [4.69, 9.17) is 0 Å². The second kappa shape index (κ2) is 4.86. The Kier molecular flexibility index (Phi) is 3.74. The lowest BCUT2D eigenvalue weighted by Crippen LogP contribution is -2.44. The van der Waals surface area contributed by atoms with Gasteiger partial charge in [0.2, 0.25) is 0 Å². The summed E-state index contributed by atoms with van der Waals surface area (Å²) in [7, 11) is 0. The minimum Gasteiger partial charge on any atom is -0.391 e. The lowest BCUT2D eigenvalue weighted by Gasteiger charge is -2.32. The van der Waals surface area contributed by atoms with Crippen LogP contribution in [0.2, 0.25) is 0 Å². The Bertz CT molecular complexity index is 188. The van der Waals surface area contributed by atoms with E-state index >= 15 is 0 Å². The zero-order valence-corrected chi connectivity index (χ0v) is 9.80. The average molecular weight is 215 g/mol. The molecule has 0 aromatic heterocycles. The summed E-state index contributed by atoms with van der Waals surface area (Å²) in [6.07, 6.45) is 8.26. The summed E-state index contributed by atoms with van der Waals surface area (Å²) in [4.78, 5) is 2.58. The van der Waals surface area contributed by atoms with E-state index in [0.717, 1.165) is 12.5 Å². The topological polar surface area (TPSA) is 23.5 Å². The highest BCUT2D eigenvalue weighted by Crippen LogP contribution is 2.31. The summed E-state index contributed by atoms with van der Waals surface area (Å²) in [5.41, 5.74) is 0. The molecular formula is C11H21NOS. The maximum absolute atomic E-state index is 9.89. The van der Waals surface area contributed by atoms with Gasteiger partial charge in [0.1, 0.15) is 0 Å². The minimum absolute atomic E-state index is 0.0440. The van der Waals surface area contributed by atoms with Gasteiger partial charge in [-0.2, -0.15) is 11.8 Å². The lowest BCUT2D eigenvalue weighted by atomic mass is 10.1. The van der Waals surface area contributed by atoms with Crippen molar-refractivity contribution in [3.63, 3.8) is 0 Å². The number of nitrogens with zero attached hydrogens (tertiary/aromatic N) is 1. The van der Waals surface area contributed by atoms with Crippen molar-refractivity contribution in [3.05, 3.63) is 0 Å². The first kappa shape index (κ1) is 10.8. The molecule has 2 fully saturated rings. The van der Waals surface area contributed by atoms with Crippen LogP contribution in [0, 0.1) is 0 Å². The van der Waals surface area contributed by atoms with Crippen molar-refractivity contribution >= 4 is 11.8 Å². The van der Waals surface area contributed by atoms with E-state index in [1.54, 1.807) is 0 Å². The highest BCUT2D eigenvalue weighted by Gasteiger charge is 2.36. The first-order valence-electron chi connectivity index (χ1n) is 5.75. The smallest absolute Gasteiger partial charge is 0.0695 e. The molecule has 14 heavy (non-hydrogen) atoms. The standard InChI is InChI=1S/C11H21NOS/c1-14-8-9-4-3-7-12(9)10-5-2-6-11(10)13/h9-11,13H,2-8H2,1H3/t9?,10-,11-/m0/s1. The zero-order valence-electron chi connectivity index (χ0n) is 8.98. The summed E-state index contributed by atoms with van der Waals surface area (Å²) in [5, 5.41) is 9.89. The second-order valence-corrected chi connectivity index (χ2v) is 5.47. The van der Waals surface area contributed by atoms with Crippen molar-refractivity contribution in [1.82, 2.24) is 4.90 Å². The molecule has 0 spiro atoms. The van der Waals surface area contributed by atoms with Crippen LogP contribution in [0.5, 0.6) is 0 Å². The molecule has 3 heteroatoms. The normalized spacial score (nSPS) is 39.4. The van der Waals surface area contributed by atoms with Crippen LogP contribution < -0.4 is 0 Å². The molecule has 0 bridgehead atoms. The highest BCUT2D eigenvalue weighted by atomic mass is 32.2. The SMILES string of the molecule is CSCC1CCCN1[C@H]1CCC[C@@H]1O. The first-order valence-corrected chi connectivity index (χ1v) is 7.15.